The normalized spacial score (nSPS) is 14.6. The van der Waals surface area contributed by atoms with E-state index in [9.17, 15) is 10.2 Å². The Morgan fingerprint density at radius 3 is 1.77 bits per heavy atom. The Morgan fingerprint density at radius 1 is 0.743 bits per heavy atom. The van der Waals surface area contributed by atoms with E-state index in [1.807, 2.05) is 84.9 Å². The molecule has 0 aliphatic heterocycles. The van der Waals surface area contributed by atoms with Crippen LogP contribution in [0.15, 0.2) is 97.6 Å². The number of rotatable bonds is 15. The van der Waals surface area contributed by atoms with Gasteiger partial charge in [-0.25, -0.2) is 0 Å². The van der Waals surface area contributed by atoms with Gasteiger partial charge in [-0.2, -0.15) is 0 Å². The zero-order chi connectivity index (χ0) is 24.9. The molecule has 0 saturated carbocycles. The largest absolute Gasteiger partial charge is 0.497 e. The van der Waals surface area contributed by atoms with Gasteiger partial charge >= 0.3 is 0 Å². The SMILES string of the molecule is C=C[C@H](OCc1ccccc1)[C@@H](O)[C@H](OCc1ccccc1)[C@@H](CO)OCc1ccc(OC)cc1. The van der Waals surface area contributed by atoms with Crippen molar-refractivity contribution >= 4 is 0 Å². The van der Waals surface area contributed by atoms with Crippen molar-refractivity contribution in [3.05, 3.63) is 114 Å². The Kier molecular flexibility index (Phi) is 11.0. The predicted octanol–water partition coefficient (Wildman–Crippen LogP) is 4.29. The summed E-state index contributed by atoms with van der Waals surface area (Å²) in [5.74, 6) is 0.747. The van der Waals surface area contributed by atoms with Gasteiger partial charge in [0.15, 0.2) is 0 Å². The highest BCUT2D eigenvalue weighted by Gasteiger charge is 2.34. The maximum atomic E-state index is 11.3. The van der Waals surface area contributed by atoms with Crippen LogP contribution in [0.25, 0.3) is 0 Å². The number of methoxy groups -OCH3 is 1. The van der Waals surface area contributed by atoms with E-state index in [-0.39, 0.29) is 19.8 Å². The van der Waals surface area contributed by atoms with Crippen molar-refractivity contribution in [2.24, 2.45) is 0 Å². The van der Waals surface area contributed by atoms with Crippen LogP contribution >= 0.6 is 0 Å². The van der Waals surface area contributed by atoms with Gasteiger partial charge in [-0.1, -0.05) is 78.9 Å². The molecule has 3 rings (SSSR count). The topological polar surface area (TPSA) is 77.4 Å². The summed E-state index contributed by atoms with van der Waals surface area (Å²) in [5.41, 5.74) is 2.82. The first-order chi connectivity index (χ1) is 17.1. The molecule has 0 bridgehead atoms. The van der Waals surface area contributed by atoms with Crippen molar-refractivity contribution < 1.29 is 29.2 Å². The summed E-state index contributed by atoms with van der Waals surface area (Å²) >= 11 is 0. The van der Waals surface area contributed by atoms with Gasteiger partial charge in [0.25, 0.3) is 0 Å². The van der Waals surface area contributed by atoms with Crippen molar-refractivity contribution in [3.8, 4) is 5.75 Å². The molecular formula is C29H34O6. The summed E-state index contributed by atoms with van der Waals surface area (Å²) in [6.45, 7) is 4.27. The summed E-state index contributed by atoms with van der Waals surface area (Å²) < 4.78 is 23.3. The fourth-order valence-electron chi connectivity index (χ4n) is 3.63. The summed E-state index contributed by atoms with van der Waals surface area (Å²) in [6, 6.07) is 26.8. The van der Waals surface area contributed by atoms with E-state index >= 15 is 0 Å². The Hall–Kier alpha value is -3.00. The average Bonchev–Trinajstić information content (AvgIpc) is 2.92. The quantitative estimate of drug-likeness (QED) is 0.317. The van der Waals surface area contributed by atoms with Crippen molar-refractivity contribution in [1.82, 2.24) is 0 Å². The standard InChI is InChI=1S/C29H34O6/c1-3-26(33-19-22-10-6-4-7-11-22)28(31)29(35-21-23-12-8-5-9-13-23)27(18-30)34-20-24-14-16-25(32-2)17-15-24/h3-17,26-31H,1,18-21H2,2H3/t26-,27+,28+,29+/m0/s1. The molecule has 0 aliphatic carbocycles. The zero-order valence-electron chi connectivity index (χ0n) is 20.0. The molecule has 0 amide bonds. The molecule has 6 heteroatoms. The third-order valence-corrected chi connectivity index (χ3v) is 5.65. The van der Waals surface area contributed by atoms with Crippen LogP contribution in [0.3, 0.4) is 0 Å². The van der Waals surface area contributed by atoms with Gasteiger partial charge in [0.05, 0.1) is 33.5 Å². The first-order valence-electron chi connectivity index (χ1n) is 11.6. The van der Waals surface area contributed by atoms with Gasteiger partial charge in [0.2, 0.25) is 0 Å². The second-order valence-corrected chi connectivity index (χ2v) is 8.13. The molecule has 0 heterocycles. The molecule has 3 aromatic rings. The van der Waals surface area contributed by atoms with Crippen LogP contribution in [0.4, 0.5) is 0 Å². The Bertz CT molecular complexity index is 977. The molecule has 0 saturated heterocycles. The van der Waals surface area contributed by atoms with Gasteiger partial charge in [-0.15, -0.1) is 6.58 Å². The van der Waals surface area contributed by atoms with Gasteiger partial charge in [0.1, 0.15) is 30.2 Å². The third-order valence-electron chi connectivity index (χ3n) is 5.65. The number of hydrogen-bond donors (Lipinski definition) is 2. The highest BCUT2D eigenvalue weighted by atomic mass is 16.6. The first kappa shape index (κ1) is 26.6. The molecule has 0 fully saturated rings. The second-order valence-electron chi connectivity index (χ2n) is 8.13. The fraction of sp³-hybridized carbons (Fsp3) is 0.310. The van der Waals surface area contributed by atoms with Crippen LogP contribution in [-0.4, -0.2) is 48.3 Å². The lowest BCUT2D eigenvalue weighted by Gasteiger charge is -2.33. The van der Waals surface area contributed by atoms with Crippen LogP contribution in [-0.2, 0) is 34.0 Å². The lowest BCUT2D eigenvalue weighted by atomic mass is 10.0. The van der Waals surface area contributed by atoms with Crippen LogP contribution < -0.4 is 4.74 Å². The molecule has 4 atom stereocenters. The maximum absolute atomic E-state index is 11.3. The molecule has 0 spiro atoms. The number of benzene rings is 3. The smallest absolute Gasteiger partial charge is 0.118 e. The van der Waals surface area contributed by atoms with E-state index < -0.39 is 24.4 Å². The fourth-order valence-corrected chi connectivity index (χ4v) is 3.63. The molecule has 186 valence electrons. The summed E-state index contributed by atoms with van der Waals surface area (Å²) in [5, 5.41) is 21.4. The van der Waals surface area contributed by atoms with E-state index in [0.29, 0.717) is 6.61 Å². The van der Waals surface area contributed by atoms with Crippen LogP contribution in [0, 0.1) is 0 Å². The molecule has 0 unspecified atom stereocenters. The van der Waals surface area contributed by atoms with E-state index in [1.54, 1.807) is 13.2 Å². The molecular weight excluding hydrogens is 444 g/mol. The molecule has 0 aliphatic rings. The number of aliphatic hydroxyl groups excluding tert-OH is 2. The monoisotopic (exact) mass is 478 g/mol. The summed E-state index contributed by atoms with van der Waals surface area (Å²) in [4.78, 5) is 0. The Morgan fingerprint density at radius 2 is 1.26 bits per heavy atom. The van der Waals surface area contributed by atoms with E-state index in [4.69, 9.17) is 18.9 Å². The van der Waals surface area contributed by atoms with Crippen molar-refractivity contribution in [3.63, 3.8) is 0 Å². The van der Waals surface area contributed by atoms with Gasteiger partial charge < -0.3 is 29.2 Å². The molecule has 3 aromatic carbocycles. The predicted molar refractivity (Wildman–Crippen MR) is 135 cm³/mol. The number of ether oxygens (including phenoxy) is 4. The lowest BCUT2D eigenvalue weighted by molar-refractivity contribution is -0.169. The second kappa shape index (κ2) is 14.4. The molecule has 0 aromatic heterocycles. The van der Waals surface area contributed by atoms with Crippen LogP contribution in [0.1, 0.15) is 16.7 Å². The Balaban J connectivity index is 1.71. The third kappa shape index (κ3) is 8.31. The number of aliphatic hydroxyl groups is 2. The first-order valence-corrected chi connectivity index (χ1v) is 11.6. The Labute approximate surface area is 207 Å². The molecule has 2 N–H and O–H groups in total. The highest BCUT2D eigenvalue weighted by Crippen LogP contribution is 2.20. The highest BCUT2D eigenvalue weighted by molar-refractivity contribution is 5.26. The maximum Gasteiger partial charge on any atom is 0.118 e. The van der Waals surface area contributed by atoms with Gasteiger partial charge in [-0.05, 0) is 28.8 Å². The van der Waals surface area contributed by atoms with E-state index in [2.05, 4.69) is 6.58 Å². The van der Waals surface area contributed by atoms with Gasteiger partial charge in [0, 0.05) is 0 Å². The average molecular weight is 479 g/mol. The number of hydrogen-bond acceptors (Lipinski definition) is 6. The lowest BCUT2D eigenvalue weighted by Crippen LogP contribution is -2.48. The van der Waals surface area contributed by atoms with Gasteiger partial charge in [-0.3, -0.25) is 0 Å². The minimum atomic E-state index is -1.12. The molecule has 35 heavy (non-hydrogen) atoms. The summed E-state index contributed by atoms with van der Waals surface area (Å²) in [6.07, 6.45) is -1.96. The van der Waals surface area contributed by atoms with Crippen molar-refractivity contribution in [2.45, 2.75) is 44.2 Å². The molecule has 0 radical (unpaired) electrons. The van der Waals surface area contributed by atoms with Crippen molar-refractivity contribution in [2.75, 3.05) is 13.7 Å². The zero-order valence-corrected chi connectivity index (χ0v) is 20.0. The van der Waals surface area contributed by atoms with E-state index in [0.717, 1.165) is 22.4 Å². The minimum absolute atomic E-state index is 0.233. The van der Waals surface area contributed by atoms with Crippen LogP contribution in [0.2, 0.25) is 0 Å². The van der Waals surface area contributed by atoms with E-state index in [1.165, 1.54) is 0 Å². The summed E-state index contributed by atoms with van der Waals surface area (Å²) in [7, 11) is 1.61. The van der Waals surface area contributed by atoms with Crippen LogP contribution in [0.5, 0.6) is 5.75 Å². The minimum Gasteiger partial charge on any atom is -0.497 e. The molecule has 6 nitrogen and oxygen atoms in total. The van der Waals surface area contributed by atoms with Crippen molar-refractivity contribution in [1.29, 1.82) is 0 Å².